The van der Waals surface area contributed by atoms with Crippen LogP contribution in [0, 0.1) is 13.8 Å². The van der Waals surface area contributed by atoms with E-state index in [1.807, 2.05) is 50.1 Å². The van der Waals surface area contributed by atoms with Gasteiger partial charge in [0.15, 0.2) is 0 Å². The number of hydrogen-bond donors (Lipinski definition) is 1. The first kappa shape index (κ1) is 21.7. The van der Waals surface area contributed by atoms with Crippen molar-refractivity contribution in [3.05, 3.63) is 46.8 Å². The number of nitrogens with zero attached hydrogens (tertiary/aromatic N) is 2. The van der Waals surface area contributed by atoms with Crippen molar-refractivity contribution in [1.82, 2.24) is 15.4 Å². The van der Waals surface area contributed by atoms with Crippen molar-refractivity contribution >= 4 is 18.3 Å². The number of nitrogens with one attached hydrogen (secondary N) is 1. The molecule has 29 heavy (non-hydrogen) atoms. The number of ether oxygens (including phenoxy) is 1. The maximum absolute atomic E-state index is 12.7. The van der Waals surface area contributed by atoms with Crippen LogP contribution in [0.1, 0.15) is 48.3 Å². The largest absolute Gasteiger partial charge is 0.489 e. The minimum Gasteiger partial charge on any atom is -0.489 e. The van der Waals surface area contributed by atoms with Gasteiger partial charge in [0, 0.05) is 25.2 Å². The van der Waals surface area contributed by atoms with Gasteiger partial charge in [-0.2, -0.15) is 0 Å². The Kier molecular flexibility index (Phi) is 6.85. The standard InChI is InChI=1S/C22H29N3O3.ClH/c1-14-21(15(2)28-24-14)13-27-20-8-4-16(5-9-20)10-22(26)25(3)19-11-17-6-7-18(12-19)23-17;/h4-5,8-9,17-19,23H,6-7,10-13H2,1-3H3;1H. The first-order chi connectivity index (χ1) is 13.5. The predicted molar refractivity (Wildman–Crippen MR) is 113 cm³/mol. The summed E-state index contributed by atoms with van der Waals surface area (Å²) in [6, 6.07) is 9.34. The van der Waals surface area contributed by atoms with E-state index in [0.717, 1.165) is 41.2 Å². The number of carbonyl (C=O) groups excluding carboxylic acids is 1. The molecule has 158 valence electrons. The molecular formula is C22H30ClN3O3. The van der Waals surface area contributed by atoms with E-state index in [2.05, 4.69) is 10.5 Å². The molecule has 1 aromatic heterocycles. The Hall–Kier alpha value is -2.05. The average molecular weight is 420 g/mol. The van der Waals surface area contributed by atoms with Crippen molar-refractivity contribution < 1.29 is 14.1 Å². The summed E-state index contributed by atoms with van der Waals surface area (Å²) in [7, 11) is 1.96. The third kappa shape index (κ3) is 4.93. The zero-order valence-electron chi connectivity index (χ0n) is 17.3. The Morgan fingerprint density at radius 2 is 1.86 bits per heavy atom. The minimum atomic E-state index is 0. The molecule has 2 saturated heterocycles. The first-order valence-electron chi connectivity index (χ1n) is 10.1. The summed E-state index contributed by atoms with van der Waals surface area (Å²) in [5.41, 5.74) is 2.85. The summed E-state index contributed by atoms with van der Waals surface area (Å²) in [5, 5.41) is 7.58. The van der Waals surface area contributed by atoms with E-state index in [1.54, 1.807) is 0 Å². The van der Waals surface area contributed by atoms with E-state index in [0.29, 0.717) is 31.2 Å². The quantitative estimate of drug-likeness (QED) is 0.775. The molecular weight excluding hydrogens is 390 g/mol. The van der Waals surface area contributed by atoms with Crippen LogP contribution in [0.3, 0.4) is 0 Å². The molecule has 0 radical (unpaired) electrons. The number of hydrogen-bond acceptors (Lipinski definition) is 5. The van der Waals surface area contributed by atoms with Crippen LogP contribution >= 0.6 is 12.4 Å². The van der Waals surface area contributed by atoms with Crippen molar-refractivity contribution in [2.24, 2.45) is 0 Å². The number of aromatic nitrogens is 1. The van der Waals surface area contributed by atoms with E-state index in [1.165, 1.54) is 12.8 Å². The van der Waals surface area contributed by atoms with E-state index in [9.17, 15) is 4.79 Å². The summed E-state index contributed by atoms with van der Waals surface area (Å²) in [4.78, 5) is 14.7. The van der Waals surface area contributed by atoms with Gasteiger partial charge in [0.2, 0.25) is 5.91 Å². The van der Waals surface area contributed by atoms with E-state index in [-0.39, 0.29) is 18.3 Å². The number of aryl methyl sites for hydroxylation is 2. The second-order valence-electron chi connectivity index (χ2n) is 8.18. The lowest BCUT2D eigenvalue weighted by atomic mass is 9.98. The van der Waals surface area contributed by atoms with Crippen molar-refractivity contribution in [1.29, 1.82) is 0 Å². The van der Waals surface area contributed by atoms with Gasteiger partial charge in [-0.25, -0.2) is 0 Å². The van der Waals surface area contributed by atoms with Gasteiger partial charge in [0.1, 0.15) is 18.1 Å². The summed E-state index contributed by atoms with van der Waals surface area (Å²) in [6.45, 7) is 4.23. The van der Waals surface area contributed by atoms with Crippen molar-refractivity contribution in [3.63, 3.8) is 0 Å². The zero-order chi connectivity index (χ0) is 19.7. The number of carbonyl (C=O) groups is 1. The molecule has 2 atom stereocenters. The zero-order valence-corrected chi connectivity index (χ0v) is 18.1. The molecule has 2 aliphatic heterocycles. The Balaban J connectivity index is 0.00000240. The predicted octanol–water partition coefficient (Wildman–Crippen LogP) is 3.58. The number of rotatable bonds is 6. The molecule has 1 amide bonds. The highest BCUT2D eigenvalue weighted by Gasteiger charge is 2.36. The van der Waals surface area contributed by atoms with E-state index >= 15 is 0 Å². The summed E-state index contributed by atoms with van der Waals surface area (Å²) in [6.07, 6.45) is 5.08. The van der Waals surface area contributed by atoms with Gasteiger partial charge >= 0.3 is 0 Å². The monoisotopic (exact) mass is 419 g/mol. The van der Waals surface area contributed by atoms with Crippen LogP contribution in [0.15, 0.2) is 28.8 Å². The molecule has 0 aliphatic carbocycles. The molecule has 3 heterocycles. The fraction of sp³-hybridized carbons (Fsp3) is 0.545. The Morgan fingerprint density at radius 1 is 1.21 bits per heavy atom. The summed E-state index contributed by atoms with van der Waals surface area (Å²) < 4.78 is 11.0. The normalized spacial score (nSPS) is 22.8. The van der Waals surface area contributed by atoms with E-state index < -0.39 is 0 Å². The fourth-order valence-electron chi connectivity index (χ4n) is 4.41. The number of fused-ring (bicyclic) bond motifs is 2. The van der Waals surface area contributed by atoms with E-state index in [4.69, 9.17) is 9.26 Å². The van der Waals surface area contributed by atoms with Crippen molar-refractivity contribution in [2.45, 2.75) is 70.7 Å². The molecule has 2 unspecified atom stereocenters. The smallest absolute Gasteiger partial charge is 0.226 e. The highest BCUT2D eigenvalue weighted by Crippen LogP contribution is 2.29. The Bertz CT molecular complexity index is 805. The van der Waals surface area contributed by atoms with Gasteiger partial charge in [-0.15, -0.1) is 12.4 Å². The molecule has 7 heteroatoms. The molecule has 2 bridgehead atoms. The Morgan fingerprint density at radius 3 is 2.45 bits per heavy atom. The van der Waals surface area contributed by atoms with Gasteiger partial charge in [0.25, 0.3) is 0 Å². The SMILES string of the molecule is Cc1noc(C)c1COc1ccc(CC(=O)N(C)C2CC3CCC(C2)N3)cc1.Cl. The minimum absolute atomic E-state index is 0. The third-order valence-corrected chi connectivity index (χ3v) is 6.23. The number of amides is 1. The van der Waals surface area contributed by atoms with Crippen LogP contribution < -0.4 is 10.1 Å². The van der Waals surface area contributed by atoms with Crippen LogP contribution in [0.4, 0.5) is 0 Å². The number of halogens is 1. The second kappa shape index (κ2) is 9.18. The van der Waals surface area contributed by atoms with Crippen LogP contribution in [0.2, 0.25) is 0 Å². The van der Waals surface area contributed by atoms with Crippen LogP contribution in [0.5, 0.6) is 5.75 Å². The first-order valence-corrected chi connectivity index (χ1v) is 10.1. The molecule has 4 rings (SSSR count). The van der Waals surface area contributed by atoms with Gasteiger partial charge < -0.3 is 19.5 Å². The van der Waals surface area contributed by atoms with Crippen LogP contribution in [-0.2, 0) is 17.8 Å². The molecule has 6 nitrogen and oxygen atoms in total. The lowest BCUT2D eigenvalue weighted by Crippen LogP contribution is -2.49. The average Bonchev–Trinajstić information content (AvgIpc) is 3.20. The summed E-state index contributed by atoms with van der Waals surface area (Å²) >= 11 is 0. The maximum atomic E-state index is 12.7. The molecule has 2 aliphatic rings. The molecule has 2 aromatic rings. The Labute approximate surface area is 178 Å². The summed E-state index contributed by atoms with van der Waals surface area (Å²) in [5.74, 6) is 1.75. The van der Waals surface area contributed by atoms with Crippen molar-refractivity contribution in [2.75, 3.05) is 7.05 Å². The molecule has 0 spiro atoms. The maximum Gasteiger partial charge on any atom is 0.226 e. The van der Waals surface area contributed by atoms with Gasteiger partial charge in [-0.05, 0) is 57.2 Å². The third-order valence-electron chi connectivity index (χ3n) is 6.23. The lowest BCUT2D eigenvalue weighted by molar-refractivity contribution is -0.131. The van der Waals surface area contributed by atoms with Crippen LogP contribution in [0.25, 0.3) is 0 Å². The van der Waals surface area contributed by atoms with Gasteiger partial charge in [-0.1, -0.05) is 17.3 Å². The molecule has 0 saturated carbocycles. The molecule has 1 N–H and O–H groups in total. The van der Waals surface area contributed by atoms with Crippen molar-refractivity contribution in [3.8, 4) is 5.75 Å². The van der Waals surface area contributed by atoms with Gasteiger partial charge in [-0.3, -0.25) is 4.79 Å². The molecule has 1 aromatic carbocycles. The fourth-order valence-corrected chi connectivity index (χ4v) is 4.41. The molecule has 2 fully saturated rings. The topological polar surface area (TPSA) is 67.6 Å². The van der Waals surface area contributed by atoms with Crippen LogP contribution in [-0.4, -0.2) is 41.1 Å². The number of likely N-dealkylation sites (N-methyl/N-ethyl adjacent to an activating group) is 1. The second-order valence-corrected chi connectivity index (χ2v) is 8.18. The number of piperidine rings is 1. The highest BCUT2D eigenvalue weighted by molar-refractivity contribution is 5.85. The number of benzene rings is 1. The lowest BCUT2D eigenvalue weighted by Gasteiger charge is -2.35. The highest BCUT2D eigenvalue weighted by atomic mass is 35.5. The van der Waals surface area contributed by atoms with Gasteiger partial charge in [0.05, 0.1) is 17.7 Å².